The Bertz CT molecular complexity index is 1330. The number of likely N-dealkylation sites (N-methyl/N-ethyl adjacent to an activating group) is 1. The Kier molecular flexibility index (Phi) is 12.3. The van der Waals surface area contributed by atoms with Gasteiger partial charge in [0.1, 0.15) is 17.9 Å². The van der Waals surface area contributed by atoms with E-state index in [4.69, 9.17) is 10.5 Å². The number of carbonyl (C=O) groups is 4. The van der Waals surface area contributed by atoms with Crippen molar-refractivity contribution in [1.29, 1.82) is 0 Å². The number of esters is 1. The fourth-order valence-electron chi connectivity index (χ4n) is 5.31. The van der Waals surface area contributed by atoms with Crippen molar-refractivity contribution in [2.24, 2.45) is 5.73 Å². The monoisotopic (exact) mass is 620 g/mol. The van der Waals surface area contributed by atoms with E-state index in [9.17, 15) is 37.5 Å². The van der Waals surface area contributed by atoms with Crippen LogP contribution in [0.4, 0.5) is 13.2 Å². The van der Waals surface area contributed by atoms with E-state index in [0.29, 0.717) is 25.0 Å². The summed E-state index contributed by atoms with van der Waals surface area (Å²) in [5.41, 5.74) is 6.83. The number of carbonyl (C=O) groups excluding carboxylic acids is 3. The molecular weight excluding hydrogens is 581 g/mol. The Labute approximate surface area is 254 Å². The summed E-state index contributed by atoms with van der Waals surface area (Å²) in [6.45, 7) is 3.28. The van der Waals surface area contributed by atoms with Crippen LogP contribution in [-0.2, 0) is 36.8 Å². The summed E-state index contributed by atoms with van der Waals surface area (Å²) in [4.78, 5) is 53.7. The molecule has 13 heteroatoms. The molecule has 0 aliphatic carbocycles. The highest BCUT2D eigenvalue weighted by molar-refractivity contribution is 5.88. The van der Waals surface area contributed by atoms with Gasteiger partial charge in [-0.1, -0.05) is 30.3 Å². The number of aryl methyl sites for hydroxylation is 1. The highest BCUT2D eigenvalue weighted by Crippen LogP contribution is 2.24. The van der Waals surface area contributed by atoms with Crippen LogP contribution in [-0.4, -0.2) is 89.1 Å². The van der Waals surface area contributed by atoms with Crippen LogP contribution in [0.3, 0.4) is 0 Å². The molecule has 2 aromatic rings. The molecule has 2 aromatic carbocycles. The number of ether oxygens (including phenoxy) is 1. The molecule has 44 heavy (non-hydrogen) atoms. The van der Waals surface area contributed by atoms with E-state index in [0.717, 1.165) is 5.56 Å². The van der Waals surface area contributed by atoms with Gasteiger partial charge in [-0.2, -0.15) is 0 Å². The van der Waals surface area contributed by atoms with Crippen LogP contribution >= 0.6 is 0 Å². The maximum absolute atomic E-state index is 14.0. The van der Waals surface area contributed by atoms with Gasteiger partial charge in [0.15, 0.2) is 11.6 Å². The number of likely N-dealkylation sites (tertiary alicyclic amines) is 1. The highest BCUT2D eigenvalue weighted by atomic mass is 19.2. The second-order valence-corrected chi connectivity index (χ2v) is 11.0. The zero-order valence-electron chi connectivity index (χ0n) is 25.0. The number of nitrogens with zero attached hydrogens (tertiary/aromatic N) is 2. The predicted molar refractivity (Wildman–Crippen MR) is 155 cm³/mol. The second-order valence-electron chi connectivity index (χ2n) is 11.0. The Balaban J connectivity index is 1.64. The SMILES string of the molecule is CCOC(=O)C(CCc1ccccc1)N[C@@H](C)C(=O)N1C[C@@H](N(C)C(=O)C[C@H](N)Cc2cc(F)c(F)cc2F)C[C@H]1C(=O)O. The molecule has 0 aromatic heterocycles. The number of nitrogens with one attached hydrogen (secondary N) is 1. The number of hydrogen-bond acceptors (Lipinski definition) is 7. The number of nitrogens with two attached hydrogens (primary N) is 1. The molecule has 2 amide bonds. The van der Waals surface area contributed by atoms with Gasteiger partial charge in [-0.25, -0.2) is 18.0 Å². The van der Waals surface area contributed by atoms with E-state index in [1.165, 1.54) is 23.8 Å². The van der Waals surface area contributed by atoms with Gasteiger partial charge in [-0.3, -0.25) is 19.7 Å². The second kappa shape index (κ2) is 15.7. The summed E-state index contributed by atoms with van der Waals surface area (Å²) in [5, 5.41) is 12.9. The molecule has 240 valence electrons. The molecule has 1 aliphatic heterocycles. The summed E-state index contributed by atoms with van der Waals surface area (Å²) in [7, 11) is 1.45. The van der Waals surface area contributed by atoms with Gasteiger partial charge < -0.3 is 25.4 Å². The van der Waals surface area contributed by atoms with E-state index in [-0.39, 0.29) is 38.0 Å². The minimum absolute atomic E-state index is 0.0433. The summed E-state index contributed by atoms with van der Waals surface area (Å²) in [6, 6.07) is 6.01. The van der Waals surface area contributed by atoms with Gasteiger partial charge in [-0.15, -0.1) is 0 Å². The van der Waals surface area contributed by atoms with Crippen LogP contribution < -0.4 is 11.1 Å². The Morgan fingerprint density at radius 2 is 1.77 bits per heavy atom. The summed E-state index contributed by atoms with van der Waals surface area (Å²) in [6.07, 6.45) is 0.331. The van der Waals surface area contributed by atoms with E-state index < -0.39 is 71.4 Å². The number of aliphatic carboxylic acids is 1. The average molecular weight is 621 g/mol. The van der Waals surface area contributed by atoms with Crippen LogP contribution in [0.15, 0.2) is 42.5 Å². The molecule has 1 unspecified atom stereocenters. The van der Waals surface area contributed by atoms with E-state index in [2.05, 4.69) is 5.32 Å². The molecular formula is C31H39F3N4O6. The molecule has 1 heterocycles. The number of rotatable bonds is 14. The smallest absolute Gasteiger partial charge is 0.326 e. The van der Waals surface area contributed by atoms with E-state index in [1.807, 2.05) is 30.3 Å². The van der Waals surface area contributed by atoms with Gasteiger partial charge in [0.25, 0.3) is 0 Å². The van der Waals surface area contributed by atoms with Crippen molar-refractivity contribution in [2.75, 3.05) is 20.2 Å². The minimum atomic E-state index is -1.34. The summed E-state index contributed by atoms with van der Waals surface area (Å²) >= 11 is 0. The Morgan fingerprint density at radius 1 is 1.11 bits per heavy atom. The number of carboxylic acids is 1. The van der Waals surface area contributed by atoms with E-state index >= 15 is 0 Å². The van der Waals surface area contributed by atoms with Crippen molar-refractivity contribution < 1.29 is 42.2 Å². The average Bonchev–Trinajstić information content (AvgIpc) is 3.43. The maximum Gasteiger partial charge on any atom is 0.326 e. The maximum atomic E-state index is 14.0. The van der Waals surface area contributed by atoms with Crippen LogP contribution in [0, 0.1) is 17.5 Å². The van der Waals surface area contributed by atoms with Gasteiger partial charge in [-0.05, 0) is 50.3 Å². The van der Waals surface area contributed by atoms with Crippen LogP contribution in [0.25, 0.3) is 0 Å². The first-order valence-electron chi connectivity index (χ1n) is 14.5. The van der Waals surface area contributed by atoms with Crippen molar-refractivity contribution in [2.45, 2.75) is 76.2 Å². The van der Waals surface area contributed by atoms with Crippen molar-refractivity contribution in [3.8, 4) is 0 Å². The standard InChI is InChI=1S/C31H39F3N4O6/c1-4-44-31(43)26(11-10-19-8-6-5-7-9-19)36-18(2)29(40)38-17-22(15-27(38)30(41)42)37(3)28(39)14-21(35)12-20-13-24(33)25(34)16-23(20)32/h5-9,13,16,18,21-22,26-27,36H,4,10-12,14-15,17,35H2,1-3H3,(H,41,42)/t18-,21+,22-,26?,27-/m0/s1. The fourth-order valence-corrected chi connectivity index (χ4v) is 5.31. The molecule has 1 fully saturated rings. The lowest BCUT2D eigenvalue weighted by molar-refractivity contribution is -0.150. The molecule has 1 saturated heterocycles. The number of hydrogen-bond donors (Lipinski definition) is 3. The van der Waals surface area contributed by atoms with Crippen molar-refractivity contribution >= 4 is 23.8 Å². The first kappa shape index (κ1) is 34.5. The lowest BCUT2D eigenvalue weighted by Crippen LogP contribution is -2.53. The fraction of sp³-hybridized carbons (Fsp3) is 0.484. The molecule has 0 radical (unpaired) electrons. The molecule has 0 spiro atoms. The molecule has 5 atom stereocenters. The topological polar surface area (TPSA) is 142 Å². The lowest BCUT2D eigenvalue weighted by atomic mass is 10.0. The largest absolute Gasteiger partial charge is 0.480 e. The van der Waals surface area contributed by atoms with Gasteiger partial charge in [0.05, 0.1) is 18.7 Å². The molecule has 4 N–H and O–H groups in total. The number of carboxylic acid groups (broad SMARTS) is 1. The number of benzene rings is 2. The van der Waals surface area contributed by atoms with E-state index in [1.54, 1.807) is 6.92 Å². The third kappa shape index (κ3) is 9.02. The van der Waals surface area contributed by atoms with Gasteiger partial charge >= 0.3 is 11.9 Å². The molecule has 10 nitrogen and oxygen atoms in total. The molecule has 0 saturated carbocycles. The lowest BCUT2D eigenvalue weighted by Gasteiger charge is -2.29. The minimum Gasteiger partial charge on any atom is -0.480 e. The first-order valence-corrected chi connectivity index (χ1v) is 14.5. The Morgan fingerprint density at radius 3 is 2.41 bits per heavy atom. The molecule has 1 aliphatic rings. The van der Waals surface area contributed by atoms with Gasteiger partial charge in [0.2, 0.25) is 11.8 Å². The highest BCUT2D eigenvalue weighted by Gasteiger charge is 2.43. The third-order valence-corrected chi connectivity index (χ3v) is 7.75. The van der Waals surface area contributed by atoms with Crippen LogP contribution in [0.1, 0.15) is 44.2 Å². The molecule has 3 rings (SSSR count). The summed E-state index contributed by atoms with van der Waals surface area (Å²) < 4.78 is 46.0. The van der Waals surface area contributed by atoms with Crippen LogP contribution in [0.5, 0.6) is 0 Å². The van der Waals surface area contributed by atoms with Crippen molar-refractivity contribution in [3.05, 3.63) is 71.0 Å². The van der Waals surface area contributed by atoms with Crippen LogP contribution in [0.2, 0.25) is 0 Å². The number of amides is 2. The first-order chi connectivity index (χ1) is 20.8. The number of halogens is 3. The molecule has 0 bridgehead atoms. The predicted octanol–water partition coefficient (Wildman–Crippen LogP) is 2.42. The zero-order valence-corrected chi connectivity index (χ0v) is 25.0. The van der Waals surface area contributed by atoms with Crippen molar-refractivity contribution in [3.63, 3.8) is 0 Å². The zero-order chi connectivity index (χ0) is 32.6. The third-order valence-electron chi connectivity index (χ3n) is 7.75. The van der Waals surface area contributed by atoms with Gasteiger partial charge in [0, 0.05) is 38.5 Å². The van der Waals surface area contributed by atoms with Crippen molar-refractivity contribution in [1.82, 2.24) is 15.1 Å². The Hall–Kier alpha value is -3.97. The quantitative estimate of drug-likeness (QED) is 0.216. The summed E-state index contributed by atoms with van der Waals surface area (Å²) in [5.74, 6) is -6.37. The normalized spacial score (nSPS) is 18.4.